The van der Waals surface area contributed by atoms with Crippen molar-refractivity contribution in [3.05, 3.63) is 0 Å². The Labute approximate surface area is 105 Å². The average Bonchev–Trinajstić information content (AvgIpc) is 2.26. The van der Waals surface area contributed by atoms with Crippen LogP contribution in [0.25, 0.3) is 0 Å². The van der Waals surface area contributed by atoms with Crippen LogP contribution in [0.3, 0.4) is 0 Å². The first-order valence-electron chi connectivity index (χ1n) is 6.33. The fourth-order valence-electron chi connectivity index (χ4n) is 2.60. The topological polar surface area (TPSA) is 41.6 Å². The van der Waals surface area contributed by atoms with Crippen molar-refractivity contribution in [1.29, 1.82) is 0 Å². The van der Waals surface area contributed by atoms with Gasteiger partial charge in [0.25, 0.3) is 0 Å². The SMILES string of the molecule is CNC(C)(CN1CCCC(C)(C)C1)C(=O)OC. The number of nitrogens with one attached hydrogen (secondary N) is 1. The van der Waals surface area contributed by atoms with Gasteiger partial charge in [-0.05, 0) is 38.8 Å². The van der Waals surface area contributed by atoms with E-state index in [1.54, 1.807) is 0 Å². The van der Waals surface area contributed by atoms with Crippen LogP contribution in [0, 0.1) is 5.41 Å². The van der Waals surface area contributed by atoms with Gasteiger partial charge in [-0.2, -0.15) is 0 Å². The van der Waals surface area contributed by atoms with Gasteiger partial charge in [-0.3, -0.25) is 4.79 Å². The highest BCUT2D eigenvalue weighted by molar-refractivity contribution is 5.80. The van der Waals surface area contributed by atoms with Gasteiger partial charge in [0.15, 0.2) is 0 Å². The predicted molar refractivity (Wildman–Crippen MR) is 68.9 cm³/mol. The summed E-state index contributed by atoms with van der Waals surface area (Å²) in [5.74, 6) is -0.191. The minimum Gasteiger partial charge on any atom is -0.468 e. The van der Waals surface area contributed by atoms with E-state index in [2.05, 4.69) is 24.1 Å². The van der Waals surface area contributed by atoms with Crippen LogP contribution in [0.5, 0.6) is 0 Å². The number of piperidine rings is 1. The number of carbonyl (C=O) groups excluding carboxylic acids is 1. The van der Waals surface area contributed by atoms with Gasteiger partial charge < -0.3 is 15.0 Å². The normalized spacial score (nSPS) is 24.1. The summed E-state index contributed by atoms with van der Waals surface area (Å²) in [7, 11) is 3.25. The molecule has 1 unspecified atom stereocenters. The Morgan fingerprint density at radius 3 is 2.65 bits per heavy atom. The minimum atomic E-state index is -0.609. The van der Waals surface area contributed by atoms with Crippen molar-refractivity contribution in [2.24, 2.45) is 5.41 Å². The molecule has 0 aromatic carbocycles. The van der Waals surface area contributed by atoms with Gasteiger partial charge in [0.05, 0.1) is 7.11 Å². The van der Waals surface area contributed by atoms with Crippen molar-refractivity contribution in [2.75, 3.05) is 33.8 Å². The van der Waals surface area contributed by atoms with Gasteiger partial charge in [0.2, 0.25) is 0 Å². The summed E-state index contributed by atoms with van der Waals surface area (Å²) in [6.45, 7) is 9.29. The monoisotopic (exact) mass is 242 g/mol. The van der Waals surface area contributed by atoms with Crippen LogP contribution in [0.1, 0.15) is 33.6 Å². The molecule has 1 saturated heterocycles. The van der Waals surface area contributed by atoms with Gasteiger partial charge in [-0.25, -0.2) is 0 Å². The van der Waals surface area contributed by atoms with Crippen molar-refractivity contribution in [3.63, 3.8) is 0 Å². The zero-order valence-corrected chi connectivity index (χ0v) is 11.8. The fraction of sp³-hybridized carbons (Fsp3) is 0.923. The van der Waals surface area contributed by atoms with E-state index in [-0.39, 0.29) is 5.97 Å². The molecule has 0 amide bonds. The van der Waals surface area contributed by atoms with Crippen molar-refractivity contribution >= 4 is 5.97 Å². The Morgan fingerprint density at radius 2 is 2.18 bits per heavy atom. The molecule has 0 spiro atoms. The molecule has 0 aromatic rings. The molecule has 1 heterocycles. The fourth-order valence-corrected chi connectivity index (χ4v) is 2.60. The highest BCUT2D eigenvalue weighted by atomic mass is 16.5. The van der Waals surface area contributed by atoms with Crippen molar-refractivity contribution < 1.29 is 9.53 Å². The van der Waals surface area contributed by atoms with Gasteiger partial charge in [-0.15, -0.1) is 0 Å². The summed E-state index contributed by atoms with van der Waals surface area (Å²) in [4.78, 5) is 14.1. The number of rotatable bonds is 4. The first-order chi connectivity index (χ1) is 7.83. The van der Waals surface area contributed by atoms with Crippen molar-refractivity contribution in [3.8, 4) is 0 Å². The number of hydrogen-bond acceptors (Lipinski definition) is 4. The molecule has 17 heavy (non-hydrogen) atoms. The Morgan fingerprint density at radius 1 is 1.53 bits per heavy atom. The molecule has 0 saturated carbocycles. The molecule has 1 aliphatic rings. The summed E-state index contributed by atoms with van der Waals surface area (Å²) < 4.78 is 4.87. The third-order valence-corrected chi connectivity index (χ3v) is 3.71. The molecule has 0 aliphatic carbocycles. The molecule has 1 aliphatic heterocycles. The summed E-state index contributed by atoms with van der Waals surface area (Å²) in [6, 6.07) is 0. The molecular formula is C13H26N2O2. The van der Waals surface area contributed by atoms with Crippen LogP contribution in [-0.2, 0) is 9.53 Å². The lowest BCUT2D eigenvalue weighted by Crippen LogP contribution is -2.58. The molecular weight excluding hydrogens is 216 g/mol. The maximum Gasteiger partial charge on any atom is 0.327 e. The van der Waals surface area contributed by atoms with Crippen LogP contribution in [0.15, 0.2) is 0 Å². The average molecular weight is 242 g/mol. The van der Waals surface area contributed by atoms with Crippen LogP contribution >= 0.6 is 0 Å². The van der Waals surface area contributed by atoms with Gasteiger partial charge in [0.1, 0.15) is 5.54 Å². The molecule has 0 radical (unpaired) electrons. The van der Waals surface area contributed by atoms with Crippen LogP contribution in [0.4, 0.5) is 0 Å². The van der Waals surface area contributed by atoms with Crippen LogP contribution in [0.2, 0.25) is 0 Å². The molecule has 1 fully saturated rings. The van der Waals surface area contributed by atoms with Gasteiger partial charge >= 0.3 is 5.97 Å². The maximum atomic E-state index is 11.8. The van der Waals surface area contributed by atoms with Crippen molar-refractivity contribution in [1.82, 2.24) is 10.2 Å². The van der Waals surface area contributed by atoms with Crippen LogP contribution < -0.4 is 5.32 Å². The van der Waals surface area contributed by atoms with Gasteiger partial charge in [0, 0.05) is 13.1 Å². The molecule has 0 aromatic heterocycles. The van der Waals surface area contributed by atoms with Crippen molar-refractivity contribution in [2.45, 2.75) is 39.2 Å². The van der Waals surface area contributed by atoms with E-state index in [0.717, 1.165) is 13.1 Å². The first kappa shape index (κ1) is 14.5. The summed E-state index contributed by atoms with van der Waals surface area (Å²) in [6.07, 6.45) is 2.46. The number of nitrogens with zero attached hydrogens (tertiary/aromatic N) is 1. The molecule has 1 rings (SSSR count). The second kappa shape index (κ2) is 5.36. The lowest BCUT2D eigenvalue weighted by molar-refractivity contribution is -0.148. The Hall–Kier alpha value is -0.610. The Balaban J connectivity index is 2.65. The summed E-state index contributed by atoms with van der Waals surface area (Å²) in [5, 5.41) is 3.09. The third-order valence-electron chi connectivity index (χ3n) is 3.71. The van der Waals surface area contributed by atoms with E-state index < -0.39 is 5.54 Å². The minimum absolute atomic E-state index is 0.191. The molecule has 4 nitrogen and oxygen atoms in total. The largest absolute Gasteiger partial charge is 0.468 e. The quantitative estimate of drug-likeness (QED) is 0.754. The maximum absolute atomic E-state index is 11.8. The zero-order valence-electron chi connectivity index (χ0n) is 11.8. The highest BCUT2D eigenvalue weighted by Gasteiger charge is 2.37. The molecule has 100 valence electrons. The van der Waals surface area contributed by atoms with E-state index in [1.807, 2.05) is 14.0 Å². The number of likely N-dealkylation sites (N-methyl/N-ethyl adjacent to an activating group) is 1. The second-order valence-electron chi connectivity index (χ2n) is 6.05. The number of likely N-dealkylation sites (tertiary alicyclic amines) is 1. The Bertz CT molecular complexity index is 279. The second-order valence-corrected chi connectivity index (χ2v) is 6.05. The van der Waals surface area contributed by atoms with Gasteiger partial charge in [-0.1, -0.05) is 13.8 Å². The third kappa shape index (κ3) is 3.68. The first-order valence-corrected chi connectivity index (χ1v) is 6.33. The number of methoxy groups -OCH3 is 1. The molecule has 4 heteroatoms. The van der Waals surface area contributed by atoms with E-state index >= 15 is 0 Å². The zero-order chi connectivity index (χ0) is 13.1. The predicted octanol–water partition coefficient (Wildman–Crippen LogP) is 1.26. The number of carbonyl (C=O) groups is 1. The standard InChI is InChI=1S/C13H26N2O2/c1-12(2)7-6-8-15(9-12)10-13(3,14-4)11(16)17-5/h14H,6-10H2,1-5H3. The van der Waals surface area contributed by atoms with E-state index in [1.165, 1.54) is 20.0 Å². The summed E-state index contributed by atoms with van der Waals surface area (Å²) in [5.41, 5.74) is -0.259. The van der Waals surface area contributed by atoms with E-state index in [9.17, 15) is 4.79 Å². The molecule has 1 N–H and O–H groups in total. The lowest BCUT2D eigenvalue weighted by Gasteiger charge is -2.41. The Kier molecular flexibility index (Phi) is 4.55. The molecule has 0 bridgehead atoms. The van der Waals surface area contributed by atoms with Crippen LogP contribution in [-0.4, -0.2) is 50.2 Å². The number of hydrogen-bond donors (Lipinski definition) is 1. The van der Waals surface area contributed by atoms with E-state index in [4.69, 9.17) is 4.74 Å². The summed E-state index contributed by atoms with van der Waals surface area (Å²) >= 11 is 0. The smallest absolute Gasteiger partial charge is 0.327 e. The lowest BCUT2D eigenvalue weighted by atomic mass is 9.83. The highest BCUT2D eigenvalue weighted by Crippen LogP contribution is 2.29. The number of ether oxygens (including phenoxy) is 1. The number of esters is 1. The molecule has 1 atom stereocenters. The van der Waals surface area contributed by atoms with E-state index in [0.29, 0.717) is 12.0 Å².